The number of nitrogens with one attached hydrogen (secondary N) is 2. The van der Waals surface area contributed by atoms with E-state index in [9.17, 15) is 9.90 Å². The van der Waals surface area contributed by atoms with Crippen molar-refractivity contribution in [2.45, 2.75) is 13.0 Å². The number of hydrogen-bond donors (Lipinski definition) is 3. The van der Waals surface area contributed by atoms with E-state index in [4.69, 9.17) is 0 Å². The molecule has 0 aromatic heterocycles. The molecule has 0 aliphatic heterocycles. The van der Waals surface area contributed by atoms with E-state index in [2.05, 4.69) is 15.5 Å². The SMILES string of the molecule is CCN(C)c1ccccc1NC(=O)NC(CO)c1ccccc1. The van der Waals surface area contributed by atoms with E-state index in [1.165, 1.54) is 0 Å². The monoisotopic (exact) mass is 313 g/mol. The Balaban J connectivity index is 2.08. The topological polar surface area (TPSA) is 64.6 Å². The molecule has 0 saturated heterocycles. The summed E-state index contributed by atoms with van der Waals surface area (Å²) in [5, 5.41) is 15.2. The minimum atomic E-state index is -0.438. The molecule has 0 saturated carbocycles. The van der Waals surface area contributed by atoms with Crippen LogP contribution in [0.3, 0.4) is 0 Å². The molecule has 2 rings (SSSR count). The van der Waals surface area contributed by atoms with Gasteiger partial charge in [0.25, 0.3) is 0 Å². The van der Waals surface area contributed by atoms with E-state index in [0.717, 1.165) is 23.5 Å². The number of aliphatic hydroxyl groups excluding tert-OH is 1. The van der Waals surface area contributed by atoms with Crippen LogP contribution >= 0.6 is 0 Å². The standard InChI is InChI=1S/C18H23N3O2/c1-3-21(2)17-12-8-7-11-15(17)19-18(23)20-16(13-22)14-9-5-4-6-10-14/h4-12,16,22H,3,13H2,1-2H3,(H2,19,20,23). The summed E-state index contributed by atoms with van der Waals surface area (Å²) in [7, 11) is 1.97. The van der Waals surface area contributed by atoms with Crippen LogP contribution in [0, 0.1) is 0 Å². The van der Waals surface area contributed by atoms with Crippen LogP contribution in [0.1, 0.15) is 18.5 Å². The molecule has 0 aliphatic rings. The van der Waals surface area contributed by atoms with Crippen molar-refractivity contribution in [2.75, 3.05) is 30.4 Å². The Morgan fingerprint density at radius 2 is 1.78 bits per heavy atom. The fourth-order valence-electron chi connectivity index (χ4n) is 2.32. The zero-order chi connectivity index (χ0) is 16.7. The minimum Gasteiger partial charge on any atom is -0.394 e. The first-order chi connectivity index (χ1) is 11.2. The molecule has 3 N–H and O–H groups in total. The predicted molar refractivity (Wildman–Crippen MR) is 93.8 cm³/mol. The van der Waals surface area contributed by atoms with Gasteiger partial charge >= 0.3 is 6.03 Å². The van der Waals surface area contributed by atoms with Gasteiger partial charge in [0.15, 0.2) is 0 Å². The van der Waals surface area contributed by atoms with Crippen LogP contribution in [0.2, 0.25) is 0 Å². The van der Waals surface area contributed by atoms with Crippen molar-refractivity contribution < 1.29 is 9.90 Å². The van der Waals surface area contributed by atoms with Crippen molar-refractivity contribution in [3.8, 4) is 0 Å². The highest BCUT2D eigenvalue weighted by Crippen LogP contribution is 2.24. The van der Waals surface area contributed by atoms with E-state index >= 15 is 0 Å². The van der Waals surface area contributed by atoms with Crippen LogP contribution in [0.4, 0.5) is 16.2 Å². The zero-order valence-electron chi connectivity index (χ0n) is 13.5. The summed E-state index contributed by atoms with van der Waals surface area (Å²) in [6.45, 7) is 2.73. The Hall–Kier alpha value is -2.53. The molecule has 5 heteroatoms. The summed E-state index contributed by atoms with van der Waals surface area (Å²) < 4.78 is 0. The first-order valence-corrected chi connectivity index (χ1v) is 7.69. The van der Waals surface area contributed by atoms with Crippen LogP contribution in [-0.4, -0.2) is 31.3 Å². The molecule has 1 atom stereocenters. The number of nitrogens with zero attached hydrogens (tertiary/aromatic N) is 1. The second-order valence-electron chi connectivity index (χ2n) is 5.28. The van der Waals surface area contributed by atoms with E-state index < -0.39 is 6.04 Å². The van der Waals surface area contributed by atoms with Gasteiger partial charge < -0.3 is 20.6 Å². The largest absolute Gasteiger partial charge is 0.394 e. The third-order valence-corrected chi connectivity index (χ3v) is 3.73. The molecule has 0 bridgehead atoms. The van der Waals surface area contributed by atoms with Crippen LogP contribution in [-0.2, 0) is 0 Å². The lowest BCUT2D eigenvalue weighted by Gasteiger charge is -2.22. The molecule has 2 aromatic carbocycles. The summed E-state index contributed by atoms with van der Waals surface area (Å²) in [5.74, 6) is 0. The van der Waals surface area contributed by atoms with Gasteiger partial charge in [-0.05, 0) is 24.6 Å². The van der Waals surface area contributed by atoms with Crippen LogP contribution in [0.25, 0.3) is 0 Å². The Labute approximate surface area is 136 Å². The number of carbonyl (C=O) groups is 1. The Morgan fingerprint density at radius 3 is 2.43 bits per heavy atom. The fraction of sp³-hybridized carbons (Fsp3) is 0.278. The van der Waals surface area contributed by atoms with E-state index in [1.807, 2.05) is 68.6 Å². The van der Waals surface area contributed by atoms with E-state index in [1.54, 1.807) is 0 Å². The summed E-state index contributed by atoms with van der Waals surface area (Å²) in [5.41, 5.74) is 2.55. The second-order valence-corrected chi connectivity index (χ2v) is 5.28. The number of rotatable bonds is 6. The maximum atomic E-state index is 12.3. The van der Waals surface area contributed by atoms with Gasteiger partial charge in [0.2, 0.25) is 0 Å². The van der Waals surface area contributed by atoms with Gasteiger partial charge in [-0.15, -0.1) is 0 Å². The molecule has 2 aromatic rings. The molecule has 0 heterocycles. The van der Waals surface area contributed by atoms with Gasteiger partial charge in [-0.2, -0.15) is 0 Å². The minimum absolute atomic E-state index is 0.159. The average molecular weight is 313 g/mol. The van der Waals surface area contributed by atoms with E-state index in [-0.39, 0.29) is 12.6 Å². The van der Waals surface area contributed by atoms with Gasteiger partial charge in [-0.3, -0.25) is 0 Å². The smallest absolute Gasteiger partial charge is 0.319 e. The van der Waals surface area contributed by atoms with Crippen molar-refractivity contribution in [2.24, 2.45) is 0 Å². The molecule has 5 nitrogen and oxygen atoms in total. The number of carbonyl (C=O) groups excluding carboxylic acids is 1. The number of hydrogen-bond acceptors (Lipinski definition) is 3. The maximum Gasteiger partial charge on any atom is 0.319 e. The molecular weight excluding hydrogens is 290 g/mol. The zero-order valence-corrected chi connectivity index (χ0v) is 13.5. The summed E-state index contributed by atoms with van der Waals surface area (Å²) in [6.07, 6.45) is 0. The lowest BCUT2D eigenvalue weighted by atomic mass is 10.1. The molecule has 0 spiro atoms. The average Bonchev–Trinajstić information content (AvgIpc) is 2.60. The second kappa shape index (κ2) is 8.19. The van der Waals surface area contributed by atoms with Crippen molar-refractivity contribution in [1.29, 1.82) is 0 Å². The number of para-hydroxylation sites is 2. The quantitative estimate of drug-likeness (QED) is 0.768. The Morgan fingerprint density at radius 1 is 1.13 bits per heavy atom. The highest BCUT2D eigenvalue weighted by Gasteiger charge is 2.14. The Kier molecular flexibility index (Phi) is 6.00. The molecule has 0 radical (unpaired) electrons. The number of urea groups is 1. The maximum absolute atomic E-state index is 12.3. The lowest BCUT2D eigenvalue weighted by molar-refractivity contribution is 0.225. The van der Waals surface area contributed by atoms with Gasteiger partial charge in [0.1, 0.15) is 0 Å². The van der Waals surface area contributed by atoms with Crippen molar-refractivity contribution >= 4 is 17.4 Å². The fourth-order valence-corrected chi connectivity index (χ4v) is 2.32. The molecular formula is C18H23N3O2. The van der Waals surface area contributed by atoms with Crippen molar-refractivity contribution in [1.82, 2.24) is 5.32 Å². The molecule has 1 unspecified atom stereocenters. The van der Waals surface area contributed by atoms with E-state index in [0.29, 0.717) is 0 Å². The number of anilines is 2. The van der Waals surface area contributed by atoms with Crippen molar-refractivity contribution in [3.63, 3.8) is 0 Å². The Bertz CT molecular complexity index is 631. The van der Waals surface area contributed by atoms with Crippen LogP contribution in [0.5, 0.6) is 0 Å². The van der Waals surface area contributed by atoms with Gasteiger partial charge in [-0.1, -0.05) is 42.5 Å². The molecule has 23 heavy (non-hydrogen) atoms. The van der Waals surface area contributed by atoms with Crippen molar-refractivity contribution in [3.05, 3.63) is 60.2 Å². The lowest BCUT2D eigenvalue weighted by Crippen LogP contribution is -2.34. The third-order valence-electron chi connectivity index (χ3n) is 3.73. The van der Waals surface area contributed by atoms with Gasteiger partial charge in [0.05, 0.1) is 24.0 Å². The summed E-state index contributed by atoms with van der Waals surface area (Å²) >= 11 is 0. The number of amides is 2. The van der Waals surface area contributed by atoms with Crippen LogP contribution in [0.15, 0.2) is 54.6 Å². The molecule has 2 amide bonds. The first kappa shape index (κ1) is 16.8. The summed E-state index contributed by atoms with van der Waals surface area (Å²) in [6, 6.07) is 16.3. The highest BCUT2D eigenvalue weighted by atomic mass is 16.3. The summed E-state index contributed by atoms with van der Waals surface area (Å²) in [4.78, 5) is 14.3. The predicted octanol–water partition coefficient (Wildman–Crippen LogP) is 3.00. The number of aliphatic hydroxyl groups is 1. The van der Waals surface area contributed by atoms with Gasteiger partial charge in [-0.25, -0.2) is 4.79 Å². The normalized spacial score (nSPS) is 11.6. The molecule has 0 fully saturated rings. The third kappa shape index (κ3) is 4.47. The van der Waals surface area contributed by atoms with Gasteiger partial charge in [0, 0.05) is 13.6 Å². The molecule has 0 aliphatic carbocycles. The first-order valence-electron chi connectivity index (χ1n) is 7.69. The van der Waals surface area contributed by atoms with Crippen LogP contribution < -0.4 is 15.5 Å². The molecule has 122 valence electrons. The number of benzene rings is 2. The highest BCUT2D eigenvalue weighted by molar-refractivity contribution is 5.93.